The van der Waals surface area contributed by atoms with Crippen LogP contribution in [0.25, 0.3) is 21.8 Å². The molecule has 1 aliphatic rings. The summed E-state index contributed by atoms with van der Waals surface area (Å²) < 4.78 is 5.51. The van der Waals surface area contributed by atoms with E-state index >= 15 is 0 Å². The van der Waals surface area contributed by atoms with Crippen LogP contribution in [0.1, 0.15) is 83.4 Å². The molecule has 24 N–H and O–H groups in total. The maximum Gasteiger partial charge on any atom is 0.331 e. The summed E-state index contributed by atoms with van der Waals surface area (Å²) in [5.41, 5.74) is 26.3. The number of ether oxygens (including phenoxy) is 1. The van der Waals surface area contributed by atoms with Crippen LogP contribution < -0.4 is 86.7 Å². The van der Waals surface area contributed by atoms with Crippen LogP contribution in [0.4, 0.5) is 0 Å². The summed E-state index contributed by atoms with van der Waals surface area (Å²) in [5.74, 6) is -13.9. The first-order chi connectivity index (χ1) is 49.1. The molecule has 3 heterocycles. The van der Waals surface area contributed by atoms with Gasteiger partial charge in [-0.2, -0.15) is 0 Å². The number of nitrogens with two attached hydrogens (primary N) is 4. The Balaban J connectivity index is 1.16. The predicted octanol–water partition coefficient (Wildman–Crippen LogP) is -4.98. The van der Waals surface area contributed by atoms with Crippen LogP contribution in [-0.2, 0) is 91.1 Å². The van der Waals surface area contributed by atoms with Crippen LogP contribution in [-0.4, -0.2) is 209 Å². The lowest BCUT2D eigenvalue weighted by Crippen LogP contribution is -2.63. The lowest BCUT2D eigenvalue weighted by atomic mass is 9.97. The second-order valence-corrected chi connectivity index (χ2v) is 25.2. The van der Waals surface area contributed by atoms with Crippen molar-refractivity contribution >= 4 is 105 Å². The van der Waals surface area contributed by atoms with E-state index < -0.39 is 201 Å². The topological polar surface area (TPSA) is 569 Å². The van der Waals surface area contributed by atoms with E-state index in [4.69, 9.17) is 27.7 Å². The molecule has 0 radical (unpaired) electrons. The number of phenols is 1. The molecule has 13 amide bonds. The van der Waals surface area contributed by atoms with Gasteiger partial charge < -0.3 is 112 Å². The second-order valence-electron chi connectivity index (χ2n) is 25.2. The first-order valence-electron chi connectivity index (χ1n) is 33.7. The quantitative estimate of drug-likeness (QED) is 0.0169. The molecule has 1 fully saturated rings. The number of benzene rings is 3. The molecule has 2 aromatic heterocycles. The van der Waals surface area contributed by atoms with Crippen molar-refractivity contribution in [2.45, 2.75) is 153 Å². The molecule has 103 heavy (non-hydrogen) atoms. The summed E-state index contributed by atoms with van der Waals surface area (Å²) >= 11 is 0. The monoisotopic (exact) mass is 1430 g/mol. The molecule has 35 heteroatoms. The van der Waals surface area contributed by atoms with Crippen molar-refractivity contribution in [3.05, 3.63) is 102 Å². The summed E-state index contributed by atoms with van der Waals surface area (Å²) in [4.78, 5) is 199. The lowest BCUT2D eigenvalue weighted by Gasteiger charge is -2.30. The van der Waals surface area contributed by atoms with Crippen LogP contribution in [0, 0.1) is 11.8 Å². The largest absolute Gasteiger partial charge is 0.508 e. The number of carbonyl (C=O) groups excluding carboxylic acids is 14. The molecule has 558 valence electrons. The van der Waals surface area contributed by atoms with E-state index in [-0.39, 0.29) is 37.4 Å². The number of cyclic esters (lactones) is 1. The molecule has 3 aromatic carbocycles. The summed E-state index contributed by atoms with van der Waals surface area (Å²) in [5, 5.41) is 51.0. The van der Waals surface area contributed by atoms with E-state index in [2.05, 4.69) is 73.8 Å². The van der Waals surface area contributed by atoms with Gasteiger partial charge >= 0.3 is 5.97 Å². The van der Waals surface area contributed by atoms with Crippen molar-refractivity contribution in [1.82, 2.24) is 73.8 Å². The van der Waals surface area contributed by atoms with E-state index in [0.717, 1.165) is 6.42 Å². The van der Waals surface area contributed by atoms with Gasteiger partial charge in [-0.25, -0.2) is 4.79 Å². The Morgan fingerprint density at radius 2 is 1.07 bits per heavy atom. The van der Waals surface area contributed by atoms with Crippen LogP contribution >= 0.6 is 0 Å². The number of hydrogen-bond donors (Lipinski definition) is 20. The number of rotatable bonds is 35. The molecule has 1 unspecified atom stereocenters. The Hall–Kier alpha value is -11.0. The first-order valence-corrected chi connectivity index (χ1v) is 33.7. The fourth-order valence-electron chi connectivity index (χ4n) is 11.0. The molecule has 13 atom stereocenters. The summed E-state index contributed by atoms with van der Waals surface area (Å²) in [6.45, 7) is 4.29. The maximum absolute atomic E-state index is 14.7. The minimum absolute atomic E-state index is 0.0231. The van der Waals surface area contributed by atoms with Crippen molar-refractivity contribution < 1.29 is 82.1 Å². The minimum Gasteiger partial charge on any atom is -0.508 e. The number of aliphatic hydroxyl groups is 1. The molecule has 0 saturated carbocycles. The van der Waals surface area contributed by atoms with E-state index in [1.165, 1.54) is 31.2 Å². The number of aromatic nitrogens is 2. The number of primary amides is 1. The molecule has 0 bridgehead atoms. The number of aromatic amines is 2. The van der Waals surface area contributed by atoms with Crippen molar-refractivity contribution in [3.8, 4) is 5.75 Å². The number of aliphatic hydroxyl groups excluding tert-OH is 1. The number of fused-ring (bicyclic) bond motifs is 2. The van der Waals surface area contributed by atoms with Crippen molar-refractivity contribution in [2.75, 3.05) is 39.3 Å². The third-order valence-electron chi connectivity index (χ3n) is 17.5. The average molecular weight is 1440 g/mol. The molecule has 5 aromatic rings. The number of H-pyrrole nitrogens is 2. The van der Waals surface area contributed by atoms with E-state index in [9.17, 15) is 77.3 Å². The Labute approximate surface area is 592 Å². The predicted molar refractivity (Wildman–Crippen MR) is 373 cm³/mol. The first kappa shape index (κ1) is 80.9. The smallest absolute Gasteiger partial charge is 0.331 e. The van der Waals surface area contributed by atoms with Gasteiger partial charge in [0.15, 0.2) is 6.04 Å². The standard InChI is InChI=1S/C68H94N18O17/c1-6-34(3)16-21-54(90)77-48(25-53(72)89)62(96)80-45(22-37-17-19-40(88)20-18-37)60(94)81-46(23-38-29-73-43-14-10-8-12-41(38)43)61(95)84-51(28-71)65(99)83-49(26-69)59(93)75-31-55(91)78-50(27-70)64(98)82-47(24-39-30-74-44-15-11-9-13-42(39)44)63(97)86-58-36(5)103-68(102)52(33-87)79-56(92)32-76-66(100)57(35(4)7-2)85-67(58)101/h8-15,17-20,29-30,34-36,45-52,57-58,73-74,87-88H,6-7,16,21-28,31-33,69-71H2,1-5H3,(H2,72,89)(H,75,93)(H,76,100)(H,77,90)(H,78,91)(H,79,92)(H,80,96)(H,81,94)(H,82,98)(H,83,99)(H,84,95)(H,85,101)(H,86,97)/t34?,35-,36+,45+,46+,47-,48+,49-,50+,51+,52-,57-,58-/m0/s1. The van der Waals surface area contributed by atoms with Gasteiger partial charge in [0.2, 0.25) is 76.8 Å². The molecule has 35 nitrogen and oxygen atoms in total. The van der Waals surface area contributed by atoms with Crippen LogP contribution in [0.3, 0.4) is 0 Å². The summed E-state index contributed by atoms with van der Waals surface area (Å²) in [6.07, 6.45) is 1.85. The number of phenolic OH excluding ortho intramolecular Hbond substituents is 1. The Kier molecular flexibility index (Phi) is 30.8. The van der Waals surface area contributed by atoms with Gasteiger partial charge in [0, 0.05) is 79.5 Å². The Morgan fingerprint density at radius 3 is 1.59 bits per heavy atom. The number of para-hydroxylation sites is 2. The van der Waals surface area contributed by atoms with Crippen LogP contribution in [0.5, 0.6) is 5.75 Å². The molecule has 1 aliphatic heterocycles. The van der Waals surface area contributed by atoms with Crippen molar-refractivity contribution in [1.29, 1.82) is 0 Å². The van der Waals surface area contributed by atoms with Gasteiger partial charge in [-0.05, 0) is 66.1 Å². The second kappa shape index (κ2) is 39.2. The third-order valence-corrected chi connectivity index (χ3v) is 17.5. The summed E-state index contributed by atoms with van der Waals surface area (Å²) in [7, 11) is 0. The number of nitrogens with one attached hydrogen (secondary N) is 14. The molecule has 6 rings (SSSR count). The zero-order valence-corrected chi connectivity index (χ0v) is 57.8. The molecule has 0 spiro atoms. The molecular formula is C68H94N18O17. The highest BCUT2D eigenvalue weighted by atomic mass is 16.5. The van der Waals surface area contributed by atoms with E-state index in [0.29, 0.717) is 51.3 Å². The van der Waals surface area contributed by atoms with Gasteiger partial charge in [-0.3, -0.25) is 62.3 Å². The van der Waals surface area contributed by atoms with E-state index in [1.54, 1.807) is 74.8 Å². The highest BCUT2D eigenvalue weighted by Gasteiger charge is 2.40. The van der Waals surface area contributed by atoms with Gasteiger partial charge in [0.05, 0.1) is 26.1 Å². The SMILES string of the molecule is CCC(C)CCC(=O)N[C@H](CC(N)=O)C(=O)N[C@H](Cc1ccc(O)cc1)C(=O)N[C@H](Cc1c[nH]c2ccccc12)C(=O)N[C@H](CN)C(=O)N[C@@H](CN)C(=O)NCC(=O)N[C@H](CN)C(=O)N[C@@H](Cc1c[nH]c2ccccc12)C(=O)N[C@@H]1C(=O)N[C@@H]([C@@H](C)CC)C(=O)NCC(=O)N[C@@H](CO)C(=O)O[C@@H]1C. The average Bonchev–Trinajstić information content (AvgIpc) is 1.76. The lowest BCUT2D eigenvalue weighted by molar-refractivity contribution is -0.157. The number of amides is 13. The summed E-state index contributed by atoms with van der Waals surface area (Å²) in [6, 6.07) is 3.86. The van der Waals surface area contributed by atoms with Gasteiger partial charge in [-0.15, -0.1) is 0 Å². The van der Waals surface area contributed by atoms with Crippen molar-refractivity contribution in [3.63, 3.8) is 0 Å². The van der Waals surface area contributed by atoms with Gasteiger partial charge in [-0.1, -0.05) is 89.1 Å². The highest BCUT2D eigenvalue weighted by molar-refractivity contribution is 6.01. The zero-order chi connectivity index (χ0) is 75.6. The Morgan fingerprint density at radius 1 is 0.583 bits per heavy atom. The number of aromatic hydroxyl groups is 1. The van der Waals surface area contributed by atoms with Gasteiger partial charge in [0.25, 0.3) is 0 Å². The third kappa shape index (κ3) is 23.8. The fourth-order valence-corrected chi connectivity index (χ4v) is 11.0. The molecule has 0 aliphatic carbocycles. The highest BCUT2D eigenvalue weighted by Crippen LogP contribution is 2.22. The number of carbonyl (C=O) groups is 14. The van der Waals surface area contributed by atoms with Crippen LogP contribution in [0.2, 0.25) is 0 Å². The number of esters is 1. The van der Waals surface area contributed by atoms with E-state index in [1.807, 2.05) is 13.8 Å². The minimum atomic E-state index is -1.80. The molecular weight excluding hydrogens is 1340 g/mol. The van der Waals surface area contributed by atoms with Crippen LogP contribution in [0.15, 0.2) is 85.2 Å². The van der Waals surface area contributed by atoms with Gasteiger partial charge in [0.1, 0.15) is 66.2 Å². The zero-order valence-electron chi connectivity index (χ0n) is 57.8. The normalized spacial score (nSPS) is 18.3. The number of hydrogen-bond acceptors (Lipinski definition) is 20. The van der Waals surface area contributed by atoms with Crippen molar-refractivity contribution in [2.24, 2.45) is 34.8 Å². The molecule has 1 saturated heterocycles. The Bertz CT molecular complexity index is 3850. The maximum atomic E-state index is 14.7. The fraction of sp³-hybridized carbons (Fsp3) is 0.471.